The molecule has 0 bridgehead atoms. The summed E-state index contributed by atoms with van der Waals surface area (Å²) in [4.78, 5) is 17.2. The van der Waals surface area contributed by atoms with Crippen LogP contribution < -0.4 is 0 Å². The molecule has 0 heterocycles. The van der Waals surface area contributed by atoms with Crippen LogP contribution in [0.5, 0.6) is 0 Å². The number of carbonyl (C=O) groups is 1. The minimum Gasteiger partial charge on any atom is -0.391 e. The van der Waals surface area contributed by atoms with Crippen molar-refractivity contribution < 1.29 is 9.90 Å². The molecule has 0 aromatic carbocycles. The summed E-state index contributed by atoms with van der Waals surface area (Å²) in [5.41, 5.74) is 0.329. The Morgan fingerprint density at radius 1 is 1.53 bits per heavy atom. The normalized spacial score (nSPS) is 13.1. The van der Waals surface area contributed by atoms with Gasteiger partial charge in [-0.1, -0.05) is 0 Å². The molecule has 1 amide bonds. The zero-order valence-electron chi connectivity index (χ0n) is 10.6. The quantitative estimate of drug-likeness (QED) is 0.578. The number of nitrogens with one attached hydrogen (secondary N) is 1. The Bertz CT molecular complexity index is 351. The van der Waals surface area contributed by atoms with Gasteiger partial charge in [-0.15, -0.1) is 11.8 Å². The summed E-state index contributed by atoms with van der Waals surface area (Å²) < 4.78 is 0. The van der Waals surface area contributed by atoms with Crippen molar-refractivity contribution in [3.05, 3.63) is 11.4 Å². The molecule has 0 aliphatic heterocycles. The maximum absolute atomic E-state index is 11.5. The number of carbonyl (C=O) groups excluding carboxylic acids is 1. The standard InChI is InChI=1S/C11H19N3O2S/c1-5-14(9(3)16)11(10(6-12)7-15)13-8(2)17-4/h6,12,15H,5,7H2,1-4H3/b11-10-,12-6?,13-8?. The van der Waals surface area contributed by atoms with E-state index in [1.165, 1.54) is 23.6 Å². The lowest BCUT2D eigenvalue weighted by Crippen LogP contribution is -2.29. The number of aliphatic imine (C=N–C) groups is 1. The second-order valence-corrected chi connectivity index (χ2v) is 4.25. The number of aliphatic hydroxyl groups is 1. The zero-order valence-corrected chi connectivity index (χ0v) is 11.5. The summed E-state index contributed by atoms with van der Waals surface area (Å²) >= 11 is 1.45. The van der Waals surface area contributed by atoms with Crippen LogP contribution in [0.4, 0.5) is 0 Å². The van der Waals surface area contributed by atoms with Crippen molar-refractivity contribution in [2.24, 2.45) is 4.99 Å². The van der Waals surface area contributed by atoms with Crippen molar-refractivity contribution in [1.82, 2.24) is 4.90 Å². The molecule has 0 rings (SSSR count). The van der Waals surface area contributed by atoms with Crippen LogP contribution in [0.15, 0.2) is 16.4 Å². The largest absolute Gasteiger partial charge is 0.391 e. The molecule has 0 unspecified atom stereocenters. The van der Waals surface area contributed by atoms with E-state index in [1.807, 2.05) is 20.1 Å². The van der Waals surface area contributed by atoms with E-state index in [0.29, 0.717) is 17.9 Å². The van der Waals surface area contributed by atoms with Gasteiger partial charge >= 0.3 is 0 Å². The lowest BCUT2D eigenvalue weighted by Gasteiger charge is -2.21. The average Bonchev–Trinajstić information content (AvgIpc) is 2.30. The number of rotatable bonds is 5. The Balaban J connectivity index is 5.61. The van der Waals surface area contributed by atoms with E-state index >= 15 is 0 Å². The van der Waals surface area contributed by atoms with Crippen LogP contribution in [0, 0.1) is 5.41 Å². The molecule has 2 N–H and O–H groups in total. The predicted molar refractivity (Wildman–Crippen MR) is 72.6 cm³/mol. The summed E-state index contributed by atoms with van der Waals surface area (Å²) in [6, 6.07) is 0. The molecule has 5 nitrogen and oxygen atoms in total. The van der Waals surface area contributed by atoms with Crippen molar-refractivity contribution >= 4 is 28.9 Å². The SMILES string of the molecule is CCN(C(C)=O)/C(N=C(C)SC)=C(/C=N)CO. The molecule has 6 heteroatoms. The number of hydrogen-bond acceptors (Lipinski definition) is 5. The third-order valence-corrected chi connectivity index (χ3v) is 2.82. The van der Waals surface area contributed by atoms with Crippen molar-refractivity contribution in [2.45, 2.75) is 20.8 Å². The molecule has 0 aliphatic rings. The van der Waals surface area contributed by atoms with Crippen LogP contribution in [0.2, 0.25) is 0 Å². The Morgan fingerprint density at radius 2 is 2.12 bits per heavy atom. The van der Waals surface area contributed by atoms with Gasteiger partial charge in [0.2, 0.25) is 5.91 Å². The molecule has 0 radical (unpaired) electrons. The maximum Gasteiger partial charge on any atom is 0.225 e. The molecule has 0 spiro atoms. The first kappa shape index (κ1) is 15.9. The van der Waals surface area contributed by atoms with Crippen molar-refractivity contribution in [1.29, 1.82) is 5.41 Å². The van der Waals surface area contributed by atoms with E-state index in [-0.39, 0.29) is 12.5 Å². The van der Waals surface area contributed by atoms with E-state index in [0.717, 1.165) is 11.3 Å². The molecule has 0 saturated carbocycles. The van der Waals surface area contributed by atoms with Gasteiger partial charge in [0.15, 0.2) is 0 Å². The van der Waals surface area contributed by atoms with E-state index in [9.17, 15) is 9.90 Å². The van der Waals surface area contributed by atoms with E-state index in [4.69, 9.17) is 5.41 Å². The maximum atomic E-state index is 11.5. The highest BCUT2D eigenvalue weighted by atomic mass is 32.2. The Labute approximate surface area is 106 Å². The molecule has 0 atom stereocenters. The molecule has 0 fully saturated rings. The molecule has 0 aromatic rings. The minimum atomic E-state index is -0.312. The highest BCUT2D eigenvalue weighted by molar-refractivity contribution is 8.13. The minimum absolute atomic E-state index is 0.159. The van der Waals surface area contributed by atoms with Gasteiger partial charge in [0, 0.05) is 25.3 Å². The van der Waals surface area contributed by atoms with Gasteiger partial charge in [-0.05, 0) is 20.1 Å². The molecule has 0 saturated heterocycles. The van der Waals surface area contributed by atoms with Crippen LogP contribution in [-0.2, 0) is 4.79 Å². The zero-order chi connectivity index (χ0) is 13.4. The fourth-order valence-corrected chi connectivity index (χ4v) is 1.38. The van der Waals surface area contributed by atoms with Crippen molar-refractivity contribution in [3.8, 4) is 0 Å². The second-order valence-electron chi connectivity index (χ2n) is 3.25. The highest BCUT2D eigenvalue weighted by Crippen LogP contribution is 2.14. The Kier molecular flexibility index (Phi) is 7.49. The lowest BCUT2D eigenvalue weighted by atomic mass is 10.3. The van der Waals surface area contributed by atoms with Crippen molar-refractivity contribution in [2.75, 3.05) is 19.4 Å². The Morgan fingerprint density at radius 3 is 2.41 bits per heavy atom. The summed E-state index contributed by atoms with van der Waals surface area (Å²) in [7, 11) is 0. The Hall–Kier alpha value is -1.14. The van der Waals surface area contributed by atoms with Crippen LogP contribution in [0.25, 0.3) is 0 Å². The van der Waals surface area contributed by atoms with Crippen molar-refractivity contribution in [3.63, 3.8) is 0 Å². The van der Waals surface area contributed by atoms with Gasteiger partial charge in [-0.25, -0.2) is 4.99 Å². The lowest BCUT2D eigenvalue weighted by molar-refractivity contribution is -0.126. The summed E-state index contributed by atoms with van der Waals surface area (Å²) in [6.45, 7) is 5.22. The van der Waals surface area contributed by atoms with E-state index in [1.54, 1.807) is 0 Å². The third kappa shape index (κ3) is 4.70. The molecule has 0 aliphatic carbocycles. The van der Waals surface area contributed by atoms with Crippen LogP contribution in [0.1, 0.15) is 20.8 Å². The summed E-state index contributed by atoms with van der Waals surface area (Å²) in [6.07, 6.45) is 2.90. The number of hydrogen-bond donors (Lipinski definition) is 2. The summed E-state index contributed by atoms with van der Waals surface area (Å²) in [5.74, 6) is 0.192. The molecule has 96 valence electrons. The molecular weight excluding hydrogens is 238 g/mol. The monoisotopic (exact) mass is 257 g/mol. The number of amides is 1. The first-order chi connectivity index (χ1) is 8.01. The van der Waals surface area contributed by atoms with Crippen LogP contribution >= 0.6 is 11.8 Å². The molecule has 0 aromatic heterocycles. The van der Waals surface area contributed by atoms with Gasteiger partial charge in [0.1, 0.15) is 5.82 Å². The fraction of sp³-hybridized carbons (Fsp3) is 0.545. The average molecular weight is 257 g/mol. The topological polar surface area (TPSA) is 76.8 Å². The predicted octanol–water partition coefficient (Wildman–Crippen LogP) is 1.49. The third-order valence-electron chi connectivity index (χ3n) is 2.14. The van der Waals surface area contributed by atoms with E-state index < -0.39 is 0 Å². The van der Waals surface area contributed by atoms with Gasteiger partial charge in [-0.2, -0.15) is 0 Å². The molecule has 17 heavy (non-hydrogen) atoms. The van der Waals surface area contributed by atoms with E-state index in [2.05, 4.69) is 4.99 Å². The van der Waals surface area contributed by atoms with Gasteiger partial charge in [0.25, 0.3) is 0 Å². The fourth-order valence-electron chi connectivity index (χ4n) is 1.20. The van der Waals surface area contributed by atoms with Crippen LogP contribution in [0.3, 0.4) is 0 Å². The van der Waals surface area contributed by atoms with Gasteiger partial charge in [-0.3, -0.25) is 9.69 Å². The number of nitrogens with zero attached hydrogens (tertiary/aromatic N) is 2. The second kappa shape index (κ2) is 8.03. The smallest absolute Gasteiger partial charge is 0.225 e. The first-order valence-electron chi connectivity index (χ1n) is 5.23. The molecular formula is C11H19N3O2S. The highest BCUT2D eigenvalue weighted by Gasteiger charge is 2.15. The number of aliphatic hydroxyl groups excluding tert-OH is 1. The van der Waals surface area contributed by atoms with Gasteiger partial charge < -0.3 is 10.5 Å². The summed E-state index contributed by atoms with van der Waals surface area (Å²) in [5, 5.41) is 17.2. The van der Waals surface area contributed by atoms with Gasteiger partial charge in [0.05, 0.1) is 11.7 Å². The first-order valence-corrected chi connectivity index (χ1v) is 6.46. The van der Waals surface area contributed by atoms with Crippen LogP contribution in [-0.4, -0.2) is 46.6 Å². The number of thioether (sulfide) groups is 1.